The van der Waals surface area contributed by atoms with Gasteiger partial charge in [0, 0.05) is 13.1 Å². The molecule has 0 radical (unpaired) electrons. The number of carbonyl (C=O) groups excluding carboxylic acids is 1. The summed E-state index contributed by atoms with van der Waals surface area (Å²) < 4.78 is 5.60. The molecule has 1 aliphatic rings. The van der Waals surface area contributed by atoms with Crippen LogP contribution in [-0.2, 0) is 4.74 Å². The van der Waals surface area contributed by atoms with Crippen molar-refractivity contribution in [3.05, 3.63) is 71.8 Å². The van der Waals surface area contributed by atoms with Gasteiger partial charge in [0.2, 0.25) is 0 Å². The summed E-state index contributed by atoms with van der Waals surface area (Å²) in [6.07, 6.45) is 0.669. The Bertz CT molecular complexity index is 630. The number of likely N-dealkylation sites (tertiary alicyclic amines) is 1. The Balaban J connectivity index is 1.61. The van der Waals surface area contributed by atoms with Crippen molar-refractivity contribution in [1.29, 1.82) is 0 Å². The maximum atomic E-state index is 12.1. The van der Waals surface area contributed by atoms with E-state index < -0.39 is 0 Å². The van der Waals surface area contributed by atoms with Gasteiger partial charge in [0.25, 0.3) is 0 Å². The van der Waals surface area contributed by atoms with E-state index in [1.54, 1.807) is 12.1 Å². The molecule has 0 spiro atoms. The van der Waals surface area contributed by atoms with E-state index in [9.17, 15) is 9.90 Å². The molecule has 0 amide bonds. The lowest BCUT2D eigenvalue weighted by molar-refractivity contribution is 0.0300. The molecular formula is C19H21NO3. The molecule has 120 valence electrons. The Hall–Kier alpha value is -2.17. The zero-order valence-electron chi connectivity index (χ0n) is 13.0. The predicted octanol–water partition coefficient (Wildman–Crippen LogP) is 2.65. The van der Waals surface area contributed by atoms with Crippen molar-refractivity contribution in [3.63, 3.8) is 0 Å². The summed E-state index contributed by atoms with van der Waals surface area (Å²) in [4.78, 5) is 14.3. The first-order valence-electron chi connectivity index (χ1n) is 7.94. The Morgan fingerprint density at radius 2 is 1.78 bits per heavy atom. The fourth-order valence-corrected chi connectivity index (χ4v) is 3.03. The van der Waals surface area contributed by atoms with E-state index in [0.717, 1.165) is 18.5 Å². The molecule has 1 fully saturated rings. The zero-order chi connectivity index (χ0) is 16.1. The first-order chi connectivity index (χ1) is 11.3. The summed E-state index contributed by atoms with van der Waals surface area (Å²) in [7, 11) is 0. The van der Waals surface area contributed by atoms with E-state index in [-0.39, 0.29) is 24.7 Å². The highest BCUT2D eigenvalue weighted by molar-refractivity contribution is 5.89. The molecule has 1 N–H and O–H groups in total. The number of hydrogen-bond donors (Lipinski definition) is 1. The van der Waals surface area contributed by atoms with Crippen LogP contribution >= 0.6 is 0 Å². The lowest BCUT2D eigenvalue weighted by Crippen LogP contribution is -2.31. The van der Waals surface area contributed by atoms with Gasteiger partial charge in [-0.15, -0.1) is 0 Å². The second-order valence-electron chi connectivity index (χ2n) is 5.79. The smallest absolute Gasteiger partial charge is 0.338 e. The zero-order valence-corrected chi connectivity index (χ0v) is 13.0. The Labute approximate surface area is 136 Å². The summed E-state index contributed by atoms with van der Waals surface area (Å²) in [5.74, 6) is -0.280. The number of rotatable bonds is 5. The molecule has 0 bridgehead atoms. The van der Waals surface area contributed by atoms with Crippen molar-refractivity contribution in [1.82, 2.24) is 4.90 Å². The predicted molar refractivity (Wildman–Crippen MR) is 88.1 cm³/mol. The van der Waals surface area contributed by atoms with Crippen LogP contribution in [0.4, 0.5) is 0 Å². The molecule has 0 aliphatic carbocycles. The maximum absolute atomic E-state index is 12.1. The van der Waals surface area contributed by atoms with Gasteiger partial charge >= 0.3 is 5.97 Å². The van der Waals surface area contributed by atoms with Gasteiger partial charge in [-0.25, -0.2) is 4.79 Å². The molecule has 1 heterocycles. The highest BCUT2D eigenvalue weighted by Gasteiger charge is 2.31. The summed E-state index contributed by atoms with van der Waals surface area (Å²) in [5.41, 5.74) is 1.66. The Morgan fingerprint density at radius 3 is 2.43 bits per heavy atom. The van der Waals surface area contributed by atoms with Gasteiger partial charge < -0.3 is 9.84 Å². The largest absolute Gasteiger partial charge is 0.457 e. The average molecular weight is 311 g/mol. The molecule has 23 heavy (non-hydrogen) atoms. The fraction of sp³-hybridized carbons (Fsp3) is 0.316. The highest BCUT2D eigenvalue weighted by Crippen LogP contribution is 2.26. The van der Waals surface area contributed by atoms with E-state index in [0.29, 0.717) is 12.1 Å². The maximum Gasteiger partial charge on any atom is 0.338 e. The first kappa shape index (κ1) is 15.7. The minimum Gasteiger partial charge on any atom is -0.457 e. The van der Waals surface area contributed by atoms with Crippen LogP contribution < -0.4 is 0 Å². The molecule has 0 saturated carbocycles. The number of aliphatic hydroxyl groups excluding tert-OH is 1. The molecule has 3 rings (SSSR count). The number of carbonyl (C=O) groups is 1. The van der Waals surface area contributed by atoms with Crippen LogP contribution in [0.25, 0.3) is 0 Å². The van der Waals surface area contributed by atoms with Gasteiger partial charge in [0.15, 0.2) is 0 Å². The summed E-state index contributed by atoms with van der Waals surface area (Å²) in [6.45, 7) is 1.52. The van der Waals surface area contributed by atoms with Crippen LogP contribution in [0.2, 0.25) is 0 Å². The fourth-order valence-electron chi connectivity index (χ4n) is 3.03. The second kappa shape index (κ2) is 7.40. The SMILES string of the molecule is O=C(OC1CCN(C(CO)c2ccccc2)C1)c1ccccc1. The number of esters is 1. The standard InChI is InChI=1S/C19H21NO3/c21-14-18(15-7-3-1-4-8-15)20-12-11-17(13-20)23-19(22)16-9-5-2-6-10-16/h1-10,17-18,21H,11-14H2. The van der Waals surface area contributed by atoms with Gasteiger partial charge in [-0.05, 0) is 24.1 Å². The van der Waals surface area contributed by atoms with Crippen LogP contribution in [0.5, 0.6) is 0 Å². The van der Waals surface area contributed by atoms with E-state index in [1.807, 2.05) is 48.5 Å². The van der Waals surface area contributed by atoms with Gasteiger partial charge in [0.1, 0.15) is 6.10 Å². The summed E-state index contributed by atoms with van der Waals surface area (Å²) in [5, 5.41) is 9.74. The van der Waals surface area contributed by atoms with Crippen molar-refractivity contribution in [2.24, 2.45) is 0 Å². The van der Waals surface area contributed by atoms with Crippen molar-refractivity contribution in [2.75, 3.05) is 19.7 Å². The van der Waals surface area contributed by atoms with Gasteiger partial charge in [-0.3, -0.25) is 4.90 Å². The molecule has 4 nitrogen and oxygen atoms in total. The number of ether oxygens (including phenoxy) is 1. The Morgan fingerprint density at radius 1 is 1.13 bits per heavy atom. The number of hydrogen-bond acceptors (Lipinski definition) is 4. The quantitative estimate of drug-likeness (QED) is 0.863. The van der Waals surface area contributed by atoms with E-state index in [1.165, 1.54) is 0 Å². The monoisotopic (exact) mass is 311 g/mol. The molecule has 2 atom stereocenters. The number of nitrogens with zero attached hydrogens (tertiary/aromatic N) is 1. The Kier molecular flexibility index (Phi) is 5.05. The van der Waals surface area contributed by atoms with Crippen LogP contribution in [0.3, 0.4) is 0 Å². The topological polar surface area (TPSA) is 49.8 Å². The van der Waals surface area contributed by atoms with Crippen molar-refractivity contribution < 1.29 is 14.6 Å². The number of benzene rings is 2. The highest BCUT2D eigenvalue weighted by atomic mass is 16.5. The molecule has 2 aromatic carbocycles. The van der Waals surface area contributed by atoms with E-state index in [2.05, 4.69) is 4.90 Å². The van der Waals surface area contributed by atoms with Crippen LogP contribution in [0.1, 0.15) is 28.4 Å². The molecule has 1 aliphatic heterocycles. The lowest BCUT2D eigenvalue weighted by Gasteiger charge is -2.26. The molecule has 2 unspecified atom stereocenters. The third-order valence-corrected chi connectivity index (χ3v) is 4.26. The normalized spacial score (nSPS) is 19.4. The van der Waals surface area contributed by atoms with Crippen LogP contribution in [0, 0.1) is 0 Å². The van der Waals surface area contributed by atoms with Gasteiger partial charge in [-0.2, -0.15) is 0 Å². The molecular weight excluding hydrogens is 290 g/mol. The first-order valence-corrected chi connectivity index (χ1v) is 7.94. The molecule has 1 saturated heterocycles. The average Bonchev–Trinajstić information content (AvgIpc) is 3.05. The van der Waals surface area contributed by atoms with E-state index >= 15 is 0 Å². The summed E-state index contributed by atoms with van der Waals surface area (Å²) >= 11 is 0. The van der Waals surface area contributed by atoms with Crippen LogP contribution in [0.15, 0.2) is 60.7 Å². The van der Waals surface area contributed by atoms with Gasteiger partial charge in [0.05, 0.1) is 18.2 Å². The summed E-state index contributed by atoms with van der Waals surface area (Å²) in [6, 6.07) is 19.0. The minimum atomic E-state index is -0.280. The molecule has 0 aromatic heterocycles. The van der Waals surface area contributed by atoms with Crippen molar-refractivity contribution >= 4 is 5.97 Å². The van der Waals surface area contributed by atoms with Gasteiger partial charge in [-0.1, -0.05) is 48.5 Å². The van der Waals surface area contributed by atoms with Crippen molar-refractivity contribution in [2.45, 2.75) is 18.6 Å². The molecule has 4 heteroatoms. The number of aliphatic hydroxyl groups is 1. The third-order valence-electron chi connectivity index (χ3n) is 4.26. The third kappa shape index (κ3) is 3.78. The minimum absolute atomic E-state index is 0.0448. The second-order valence-corrected chi connectivity index (χ2v) is 5.79. The lowest BCUT2D eigenvalue weighted by atomic mass is 10.1. The molecule has 2 aromatic rings. The van der Waals surface area contributed by atoms with Crippen LogP contribution in [-0.4, -0.2) is 41.8 Å². The van der Waals surface area contributed by atoms with Crippen molar-refractivity contribution in [3.8, 4) is 0 Å². The van der Waals surface area contributed by atoms with E-state index in [4.69, 9.17) is 4.74 Å².